The predicted molar refractivity (Wildman–Crippen MR) is 157 cm³/mol. The fourth-order valence-corrected chi connectivity index (χ4v) is 6.54. The number of nitrogens with zero attached hydrogens (tertiary/aromatic N) is 1. The Morgan fingerprint density at radius 1 is 0.950 bits per heavy atom. The second-order valence-electron chi connectivity index (χ2n) is 11.0. The van der Waals surface area contributed by atoms with E-state index >= 15 is 0 Å². The van der Waals surface area contributed by atoms with Crippen LogP contribution in [-0.2, 0) is 31.1 Å². The molecule has 0 spiro atoms. The molecule has 4 rings (SSSR count). The number of halogens is 1. The van der Waals surface area contributed by atoms with Crippen molar-refractivity contribution >= 4 is 48.9 Å². The number of fused-ring (bicyclic) bond motifs is 2. The summed E-state index contributed by atoms with van der Waals surface area (Å²) in [5.41, 5.74) is 4.69. The molecule has 2 aromatic rings. The van der Waals surface area contributed by atoms with Gasteiger partial charge in [-0.15, -0.1) is 0 Å². The number of rotatable bonds is 9. The highest BCUT2D eigenvalue weighted by Gasteiger charge is 2.44. The van der Waals surface area contributed by atoms with Crippen LogP contribution in [0.4, 0.5) is 11.4 Å². The van der Waals surface area contributed by atoms with Gasteiger partial charge in [0.15, 0.2) is 5.71 Å². The van der Waals surface area contributed by atoms with Gasteiger partial charge in [-0.3, -0.25) is 4.55 Å². The van der Waals surface area contributed by atoms with Crippen LogP contribution in [-0.4, -0.2) is 48.5 Å². The van der Waals surface area contributed by atoms with E-state index in [1.54, 1.807) is 6.07 Å². The maximum atomic E-state index is 11.6. The van der Waals surface area contributed by atoms with Gasteiger partial charge in [-0.2, -0.15) is 13.0 Å². The summed E-state index contributed by atoms with van der Waals surface area (Å²) in [5, 5.41) is 3.97. The summed E-state index contributed by atoms with van der Waals surface area (Å²) in [6, 6.07) is 10.3. The van der Waals surface area contributed by atoms with Crippen LogP contribution in [0.5, 0.6) is 0 Å². The summed E-state index contributed by atoms with van der Waals surface area (Å²) in [4.78, 5) is -0.140. The molecular formula is C29H33ClN2O6S2. The number of nitrogens with one attached hydrogen (secondary N) is 1. The van der Waals surface area contributed by atoms with Gasteiger partial charge >= 0.3 is 0 Å². The second-order valence-corrected chi connectivity index (χ2v) is 14.4. The van der Waals surface area contributed by atoms with Crippen molar-refractivity contribution in [1.29, 1.82) is 0 Å². The van der Waals surface area contributed by atoms with Gasteiger partial charge in [0.05, 0.1) is 20.4 Å². The minimum absolute atomic E-state index is 0.140. The molecule has 40 heavy (non-hydrogen) atoms. The van der Waals surface area contributed by atoms with Crippen LogP contribution in [0.1, 0.15) is 51.7 Å². The summed E-state index contributed by atoms with van der Waals surface area (Å²) in [6.07, 6.45) is 10.5. The first-order chi connectivity index (χ1) is 18.5. The monoisotopic (exact) mass is 604 g/mol. The van der Waals surface area contributed by atoms with E-state index in [-0.39, 0.29) is 22.5 Å². The maximum absolute atomic E-state index is 11.6. The molecule has 0 bridgehead atoms. The first-order valence-corrected chi connectivity index (χ1v) is 16.2. The van der Waals surface area contributed by atoms with Crippen LogP contribution in [0.25, 0.3) is 0 Å². The standard InChI is InChI=1S/C29H33ClN2O6S2/c1-28(2)22-19-21(40(36,37)38)13-14-24(22)31-26(28)10-6-5-7-11-27-29(3,4)23-18-20(30)12-15-25(23)32(27)16-8-9-17-39(33,34)35/h5-7,10-15,18-19H,8-9,16-17H2,1-4H3,(H2,33,34,35,36,37,38). The van der Waals surface area contributed by atoms with Gasteiger partial charge in [0.1, 0.15) is 6.54 Å². The third-order valence-electron chi connectivity index (χ3n) is 7.52. The summed E-state index contributed by atoms with van der Waals surface area (Å²) in [7, 11) is -8.55. The molecule has 0 aliphatic carbocycles. The number of anilines is 1. The molecule has 0 radical (unpaired) electrons. The minimum atomic E-state index is -4.30. The molecule has 0 fully saturated rings. The molecular weight excluding hydrogens is 572 g/mol. The molecule has 2 aromatic carbocycles. The first-order valence-electron chi connectivity index (χ1n) is 12.8. The van der Waals surface area contributed by atoms with Crippen LogP contribution in [0.2, 0.25) is 5.02 Å². The van der Waals surface area contributed by atoms with Gasteiger partial charge in [0.2, 0.25) is 5.69 Å². The summed E-state index contributed by atoms with van der Waals surface area (Å²) < 4.78 is 67.9. The predicted octanol–water partition coefficient (Wildman–Crippen LogP) is 5.69. The van der Waals surface area contributed by atoms with Crippen LogP contribution in [0.15, 0.2) is 77.4 Å². The third kappa shape index (κ3) is 6.26. The van der Waals surface area contributed by atoms with Crippen LogP contribution in [0, 0.1) is 0 Å². The lowest BCUT2D eigenvalue weighted by atomic mass is 9.81. The first kappa shape index (κ1) is 30.2. The lowest BCUT2D eigenvalue weighted by molar-refractivity contribution is -0.438. The summed E-state index contributed by atoms with van der Waals surface area (Å²) in [6.45, 7) is 8.73. The van der Waals surface area contributed by atoms with Gasteiger partial charge < -0.3 is 9.87 Å². The fraction of sp³-hybridized carbons (Fsp3) is 0.345. The number of unbranched alkanes of at least 4 members (excludes halogenated alkanes) is 1. The van der Waals surface area contributed by atoms with E-state index in [0.717, 1.165) is 33.9 Å². The summed E-state index contributed by atoms with van der Waals surface area (Å²) in [5.74, 6) is -0.383. The molecule has 214 valence electrons. The van der Waals surface area contributed by atoms with Gasteiger partial charge in [0, 0.05) is 51.7 Å². The summed E-state index contributed by atoms with van der Waals surface area (Å²) >= 11 is 6.31. The normalized spacial score (nSPS) is 19.0. The minimum Gasteiger partial charge on any atom is -0.748 e. The molecule has 0 amide bonds. The molecule has 0 saturated carbocycles. The van der Waals surface area contributed by atoms with Gasteiger partial charge in [-0.05, 0) is 62.2 Å². The Morgan fingerprint density at radius 3 is 2.35 bits per heavy atom. The molecule has 8 nitrogen and oxygen atoms in total. The van der Waals surface area contributed by atoms with Gasteiger partial charge in [-0.25, -0.2) is 8.42 Å². The van der Waals surface area contributed by atoms with E-state index in [0.29, 0.717) is 18.0 Å². The van der Waals surface area contributed by atoms with Crippen LogP contribution >= 0.6 is 11.6 Å². The number of hydrogen-bond donors (Lipinski definition) is 2. The van der Waals surface area contributed by atoms with Crippen molar-refractivity contribution in [2.24, 2.45) is 0 Å². The van der Waals surface area contributed by atoms with Crippen molar-refractivity contribution in [3.63, 3.8) is 0 Å². The second kappa shape index (κ2) is 10.9. The molecule has 0 saturated heterocycles. The average molecular weight is 605 g/mol. The lowest BCUT2D eigenvalue weighted by Crippen LogP contribution is -2.28. The van der Waals surface area contributed by atoms with Crippen molar-refractivity contribution in [3.05, 3.63) is 88.6 Å². The van der Waals surface area contributed by atoms with Crippen molar-refractivity contribution < 1.29 is 30.5 Å². The van der Waals surface area contributed by atoms with Crippen molar-refractivity contribution in [2.75, 3.05) is 17.6 Å². The SMILES string of the molecule is CC1(C)C(/C=C/C=C/C=C2/Nc3ccc(S(=O)(=O)O)cc3C2(C)C)=[N+](CCCCS(=O)(=O)[O-])c2ccc(Cl)cc21. The lowest BCUT2D eigenvalue weighted by Gasteiger charge is -2.20. The van der Waals surface area contributed by atoms with Gasteiger partial charge in [-0.1, -0.05) is 43.7 Å². The quantitative estimate of drug-likeness (QED) is 0.163. The van der Waals surface area contributed by atoms with E-state index in [9.17, 15) is 25.9 Å². The smallest absolute Gasteiger partial charge is 0.294 e. The molecule has 2 aliphatic heterocycles. The van der Waals surface area contributed by atoms with Crippen LogP contribution in [0.3, 0.4) is 0 Å². The van der Waals surface area contributed by atoms with E-state index < -0.39 is 25.7 Å². The fourth-order valence-electron chi connectivity index (χ4n) is 5.31. The Bertz CT molecular complexity index is 1680. The third-order valence-corrected chi connectivity index (χ3v) is 9.40. The molecule has 0 aromatic heterocycles. The Kier molecular flexibility index (Phi) is 8.23. The highest BCUT2D eigenvalue weighted by atomic mass is 35.5. The molecule has 2 heterocycles. The zero-order valence-corrected chi connectivity index (χ0v) is 25.2. The highest BCUT2D eigenvalue weighted by Crippen LogP contribution is 2.44. The molecule has 0 unspecified atom stereocenters. The van der Waals surface area contributed by atoms with E-state index in [2.05, 4.69) is 23.7 Å². The Balaban J connectivity index is 1.57. The van der Waals surface area contributed by atoms with Gasteiger partial charge in [0.25, 0.3) is 10.1 Å². The number of benzene rings is 2. The van der Waals surface area contributed by atoms with E-state index in [4.69, 9.17) is 11.6 Å². The Morgan fingerprint density at radius 2 is 1.68 bits per heavy atom. The molecule has 11 heteroatoms. The number of hydrogen-bond acceptors (Lipinski definition) is 6. The van der Waals surface area contributed by atoms with E-state index in [1.807, 2.05) is 62.4 Å². The van der Waals surface area contributed by atoms with Crippen molar-refractivity contribution in [2.45, 2.75) is 56.3 Å². The highest BCUT2D eigenvalue weighted by molar-refractivity contribution is 7.86. The maximum Gasteiger partial charge on any atom is 0.294 e. The van der Waals surface area contributed by atoms with Crippen molar-refractivity contribution in [1.82, 2.24) is 0 Å². The topological polar surface area (TPSA) is 127 Å². The Labute approximate surface area is 241 Å². The van der Waals surface area contributed by atoms with Crippen molar-refractivity contribution in [3.8, 4) is 0 Å². The largest absolute Gasteiger partial charge is 0.748 e. The molecule has 2 N–H and O–H groups in total. The molecule has 0 atom stereocenters. The van der Waals surface area contributed by atoms with E-state index in [1.165, 1.54) is 12.1 Å². The Hall–Kier alpha value is -2.76. The average Bonchev–Trinajstić information content (AvgIpc) is 3.21. The van der Waals surface area contributed by atoms with Crippen LogP contribution < -0.4 is 5.32 Å². The zero-order chi connectivity index (χ0) is 29.5. The number of allylic oxidation sites excluding steroid dienone is 6. The zero-order valence-electron chi connectivity index (χ0n) is 22.8. The molecule has 2 aliphatic rings.